The Bertz CT molecular complexity index is 708. The number of nitrogens with one attached hydrogen (secondary N) is 1. The highest BCUT2D eigenvalue weighted by atomic mass is 35.5. The minimum atomic E-state index is -0.273. The zero-order chi connectivity index (χ0) is 15.4. The number of benzene rings is 1. The molecule has 0 saturated heterocycles. The van der Waals surface area contributed by atoms with E-state index in [1.807, 2.05) is 25.3 Å². The number of thiazole rings is 1. The van der Waals surface area contributed by atoms with E-state index in [-0.39, 0.29) is 11.2 Å². The summed E-state index contributed by atoms with van der Waals surface area (Å²) in [4.78, 5) is 16.4. The van der Waals surface area contributed by atoms with E-state index < -0.39 is 0 Å². The van der Waals surface area contributed by atoms with Gasteiger partial charge in [0.15, 0.2) is 4.34 Å². The molecule has 0 saturated carbocycles. The molecular weight excluding hydrogens is 326 g/mol. The molecule has 0 aliphatic rings. The van der Waals surface area contributed by atoms with E-state index in [1.54, 1.807) is 18.2 Å². The van der Waals surface area contributed by atoms with Crippen LogP contribution in [0.1, 0.15) is 18.2 Å². The van der Waals surface area contributed by atoms with Crippen LogP contribution in [-0.4, -0.2) is 16.1 Å². The van der Waals surface area contributed by atoms with Gasteiger partial charge in [-0.3, -0.25) is 4.79 Å². The van der Waals surface area contributed by atoms with Crippen LogP contribution in [-0.2, 0) is 4.79 Å². The summed E-state index contributed by atoms with van der Waals surface area (Å²) < 4.78 is 0.869. The molecule has 7 heteroatoms. The number of hydrogen-bond acceptors (Lipinski definition) is 5. The van der Waals surface area contributed by atoms with Crippen molar-refractivity contribution in [1.29, 1.82) is 5.26 Å². The standard InChI is InChI=1S/C14H12ClN3OS2/c1-8-7-20-14(17-8)21-9(2)13(19)18-11-4-3-10(6-16)12(15)5-11/h3-5,7,9H,1-2H3,(H,18,19)/t9-/m1/s1. The predicted octanol–water partition coefficient (Wildman–Crippen LogP) is 4.10. The van der Waals surface area contributed by atoms with E-state index in [4.69, 9.17) is 16.9 Å². The molecule has 1 heterocycles. The van der Waals surface area contributed by atoms with E-state index in [9.17, 15) is 4.79 Å². The first-order valence-corrected chi connectivity index (χ1v) is 8.22. The lowest BCUT2D eigenvalue weighted by Crippen LogP contribution is -2.22. The molecule has 2 aromatic rings. The lowest BCUT2D eigenvalue weighted by Gasteiger charge is -2.11. The largest absolute Gasteiger partial charge is 0.325 e. The fourth-order valence-electron chi connectivity index (χ4n) is 1.52. The van der Waals surface area contributed by atoms with Crippen molar-refractivity contribution >= 4 is 46.3 Å². The number of nitrogens with zero attached hydrogens (tertiary/aromatic N) is 2. The number of amides is 1. The van der Waals surface area contributed by atoms with Crippen molar-refractivity contribution < 1.29 is 4.79 Å². The molecule has 1 atom stereocenters. The number of halogens is 1. The van der Waals surface area contributed by atoms with Crippen molar-refractivity contribution in [3.8, 4) is 6.07 Å². The van der Waals surface area contributed by atoms with E-state index in [1.165, 1.54) is 23.1 Å². The van der Waals surface area contributed by atoms with Crippen molar-refractivity contribution in [3.05, 3.63) is 39.9 Å². The summed E-state index contributed by atoms with van der Waals surface area (Å²) in [6.45, 7) is 3.74. The number of nitriles is 1. The molecule has 0 aliphatic heterocycles. The van der Waals surface area contributed by atoms with Crippen molar-refractivity contribution in [2.75, 3.05) is 5.32 Å². The van der Waals surface area contributed by atoms with Crippen LogP contribution in [0.3, 0.4) is 0 Å². The number of hydrogen-bond donors (Lipinski definition) is 1. The Morgan fingerprint density at radius 2 is 2.33 bits per heavy atom. The van der Waals surface area contributed by atoms with Gasteiger partial charge in [0, 0.05) is 16.8 Å². The molecule has 0 fully saturated rings. The minimum Gasteiger partial charge on any atom is -0.325 e. The second kappa shape index (κ2) is 6.94. The molecule has 0 aliphatic carbocycles. The smallest absolute Gasteiger partial charge is 0.237 e. The van der Waals surface area contributed by atoms with E-state index >= 15 is 0 Å². The number of aromatic nitrogens is 1. The Morgan fingerprint density at radius 3 is 2.90 bits per heavy atom. The highest BCUT2D eigenvalue weighted by Gasteiger charge is 2.16. The Labute approximate surface area is 136 Å². The molecule has 0 bridgehead atoms. The monoisotopic (exact) mass is 337 g/mol. The first kappa shape index (κ1) is 15.8. The van der Waals surface area contributed by atoms with Crippen molar-refractivity contribution in [2.45, 2.75) is 23.4 Å². The van der Waals surface area contributed by atoms with Crippen molar-refractivity contribution in [1.82, 2.24) is 4.98 Å². The fraction of sp³-hybridized carbons (Fsp3) is 0.214. The van der Waals surface area contributed by atoms with Gasteiger partial charge in [0.25, 0.3) is 0 Å². The molecule has 2 rings (SSSR count). The van der Waals surface area contributed by atoms with Crippen LogP contribution >= 0.6 is 34.7 Å². The zero-order valence-corrected chi connectivity index (χ0v) is 13.8. The lowest BCUT2D eigenvalue weighted by molar-refractivity contribution is -0.115. The molecule has 108 valence electrons. The number of carbonyl (C=O) groups excluding carboxylic acids is 1. The van der Waals surface area contributed by atoms with Crippen molar-refractivity contribution in [2.24, 2.45) is 0 Å². The van der Waals surface area contributed by atoms with E-state index in [0.717, 1.165) is 10.0 Å². The first-order valence-electron chi connectivity index (χ1n) is 6.09. The van der Waals surface area contributed by atoms with Gasteiger partial charge in [-0.15, -0.1) is 11.3 Å². The molecule has 1 aromatic heterocycles. The highest BCUT2D eigenvalue weighted by molar-refractivity contribution is 8.02. The minimum absolute atomic E-state index is 0.131. The number of rotatable bonds is 4. The number of carbonyl (C=O) groups is 1. The summed E-state index contributed by atoms with van der Waals surface area (Å²) in [7, 11) is 0. The Hall–Kier alpha value is -1.55. The Morgan fingerprint density at radius 1 is 1.57 bits per heavy atom. The molecule has 0 unspecified atom stereocenters. The Balaban J connectivity index is 2.00. The average Bonchev–Trinajstić information content (AvgIpc) is 2.84. The van der Waals surface area contributed by atoms with Crippen LogP contribution in [0.5, 0.6) is 0 Å². The second-order valence-corrected chi connectivity index (χ2v) is 7.16. The normalized spacial score (nSPS) is 11.7. The summed E-state index contributed by atoms with van der Waals surface area (Å²) in [5.74, 6) is -0.131. The second-order valence-electron chi connectivity index (χ2n) is 4.31. The number of thioether (sulfide) groups is 1. The summed E-state index contributed by atoms with van der Waals surface area (Å²) in [5.41, 5.74) is 1.91. The summed E-state index contributed by atoms with van der Waals surface area (Å²) in [6.07, 6.45) is 0. The van der Waals surface area contributed by atoms with Crippen LogP contribution < -0.4 is 5.32 Å². The molecule has 1 aromatic carbocycles. The maximum atomic E-state index is 12.1. The van der Waals surface area contributed by atoms with Gasteiger partial charge in [0.2, 0.25) is 5.91 Å². The van der Waals surface area contributed by atoms with Gasteiger partial charge < -0.3 is 5.32 Å². The third kappa shape index (κ3) is 4.21. The topological polar surface area (TPSA) is 65.8 Å². The molecule has 21 heavy (non-hydrogen) atoms. The van der Waals surface area contributed by atoms with Gasteiger partial charge >= 0.3 is 0 Å². The lowest BCUT2D eigenvalue weighted by atomic mass is 10.2. The fourth-order valence-corrected chi connectivity index (χ4v) is 3.73. The number of anilines is 1. The third-order valence-electron chi connectivity index (χ3n) is 2.60. The quantitative estimate of drug-likeness (QED) is 0.853. The van der Waals surface area contributed by atoms with Gasteiger partial charge in [0.1, 0.15) is 6.07 Å². The van der Waals surface area contributed by atoms with Gasteiger partial charge in [-0.1, -0.05) is 23.4 Å². The van der Waals surface area contributed by atoms with Gasteiger partial charge in [-0.2, -0.15) is 5.26 Å². The highest BCUT2D eigenvalue weighted by Crippen LogP contribution is 2.27. The molecule has 4 nitrogen and oxygen atoms in total. The van der Waals surface area contributed by atoms with Crippen LogP contribution in [0, 0.1) is 18.3 Å². The van der Waals surface area contributed by atoms with Crippen LogP contribution in [0.15, 0.2) is 27.9 Å². The van der Waals surface area contributed by atoms with Gasteiger partial charge in [0.05, 0.1) is 15.8 Å². The third-order valence-corrected chi connectivity index (χ3v) is 5.10. The van der Waals surface area contributed by atoms with Crippen LogP contribution in [0.25, 0.3) is 0 Å². The molecule has 1 N–H and O–H groups in total. The number of aryl methyl sites for hydroxylation is 1. The van der Waals surface area contributed by atoms with E-state index in [2.05, 4.69) is 10.3 Å². The average molecular weight is 338 g/mol. The maximum absolute atomic E-state index is 12.1. The summed E-state index contributed by atoms with van der Waals surface area (Å²) in [6, 6.07) is 6.79. The molecular formula is C14H12ClN3OS2. The van der Waals surface area contributed by atoms with Crippen LogP contribution in [0.4, 0.5) is 5.69 Å². The van der Waals surface area contributed by atoms with Crippen LogP contribution in [0.2, 0.25) is 5.02 Å². The first-order chi connectivity index (χ1) is 9.99. The molecule has 0 radical (unpaired) electrons. The summed E-state index contributed by atoms with van der Waals surface area (Å²) in [5, 5.41) is 13.6. The van der Waals surface area contributed by atoms with Gasteiger partial charge in [-0.05, 0) is 32.0 Å². The summed E-state index contributed by atoms with van der Waals surface area (Å²) >= 11 is 8.88. The van der Waals surface area contributed by atoms with E-state index in [0.29, 0.717) is 16.3 Å². The Kier molecular flexibility index (Phi) is 5.23. The van der Waals surface area contributed by atoms with Gasteiger partial charge in [-0.25, -0.2) is 4.98 Å². The maximum Gasteiger partial charge on any atom is 0.237 e. The molecule has 1 amide bonds. The molecule has 0 spiro atoms. The zero-order valence-electron chi connectivity index (χ0n) is 11.4. The predicted molar refractivity (Wildman–Crippen MR) is 87.0 cm³/mol. The SMILES string of the molecule is Cc1csc(S[C@H](C)C(=O)Nc2ccc(C#N)c(Cl)c2)n1. The van der Waals surface area contributed by atoms with Crippen molar-refractivity contribution in [3.63, 3.8) is 0 Å².